The third kappa shape index (κ3) is 3.92. The predicted octanol–water partition coefficient (Wildman–Crippen LogP) is 7.93. The van der Waals surface area contributed by atoms with Crippen molar-refractivity contribution in [1.29, 1.82) is 0 Å². The maximum atomic E-state index is 2.57. The van der Waals surface area contributed by atoms with Crippen molar-refractivity contribution in [3.63, 3.8) is 0 Å². The fourth-order valence-electron chi connectivity index (χ4n) is 4.21. The minimum atomic E-state index is -0.748. The van der Waals surface area contributed by atoms with Crippen LogP contribution < -0.4 is 0 Å². The van der Waals surface area contributed by atoms with Crippen LogP contribution in [0.25, 0.3) is 0 Å². The number of allylic oxidation sites excluding steroid dienone is 8. The van der Waals surface area contributed by atoms with E-state index in [1.54, 1.807) is 22.3 Å². The van der Waals surface area contributed by atoms with Gasteiger partial charge in [0.15, 0.2) is 0 Å². The third-order valence-electron chi connectivity index (χ3n) is 7.29. The van der Waals surface area contributed by atoms with Crippen LogP contribution in [0.15, 0.2) is 41.0 Å². The van der Waals surface area contributed by atoms with Crippen molar-refractivity contribution in [2.45, 2.75) is 93.9 Å². The average molecular weight is 418 g/mol. The molecule has 0 atom stereocenters. The second-order valence-corrected chi connectivity index (χ2v) is 11.7. The molecule has 0 radical (unpaired) electrons. The van der Waals surface area contributed by atoms with Crippen molar-refractivity contribution in [1.82, 2.24) is 0 Å². The van der Waals surface area contributed by atoms with E-state index in [4.69, 9.17) is 0 Å². The van der Waals surface area contributed by atoms with Crippen LogP contribution in [-0.4, -0.2) is 0 Å². The van der Waals surface area contributed by atoms with Crippen LogP contribution in [0, 0.1) is 10.8 Å². The molecule has 0 bridgehead atoms. The van der Waals surface area contributed by atoms with Crippen LogP contribution in [0.5, 0.6) is 0 Å². The Morgan fingerprint density at radius 3 is 1.32 bits per heavy atom. The second kappa shape index (κ2) is 8.25. The Bertz CT molecular complexity index is 575. The average Bonchev–Trinajstić information content (AvgIpc) is 3.18. The molecule has 0 aromatic carbocycles. The summed E-state index contributed by atoms with van der Waals surface area (Å²) in [6, 6.07) is 0. The first-order valence-electron chi connectivity index (χ1n) is 10.3. The SMILES string of the molecule is CCC(C)(CC)C1=CCC(C)=[C]1[Zr][C]1=C(C)CC=C1C(C)(CC)CC. The van der Waals surface area contributed by atoms with Gasteiger partial charge >= 0.3 is 169 Å². The summed E-state index contributed by atoms with van der Waals surface area (Å²) in [5.41, 5.74) is 7.56. The van der Waals surface area contributed by atoms with E-state index in [0.717, 1.165) is 0 Å². The monoisotopic (exact) mass is 416 g/mol. The van der Waals surface area contributed by atoms with Gasteiger partial charge in [-0.1, -0.05) is 0 Å². The second-order valence-electron chi connectivity index (χ2n) is 8.62. The molecule has 0 spiro atoms. The van der Waals surface area contributed by atoms with Gasteiger partial charge in [-0.15, -0.1) is 0 Å². The van der Waals surface area contributed by atoms with Crippen LogP contribution in [0.4, 0.5) is 0 Å². The molecule has 0 saturated heterocycles. The van der Waals surface area contributed by atoms with Gasteiger partial charge < -0.3 is 0 Å². The predicted molar refractivity (Wildman–Crippen MR) is 108 cm³/mol. The molecule has 2 aliphatic rings. The molecule has 138 valence electrons. The maximum absolute atomic E-state index is 2.57. The Hall–Kier alpha value is -0.157. The van der Waals surface area contributed by atoms with Crippen molar-refractivity contribution in [3.05, 3.63) is 41.0 Å². The number of rotatable bonds is 8. The summed E-state index contributed by atoms with van der Waals surface area (Å²) in [5, 5.41) is 0. The van der Waals surface area contributed by atoms with Gasteiger partial charge in [-0.05, 0) is 0 Å². The van der Waals surface area contributed by atoms with Crippen molar-refractivity contribution >= 4 is 0 Å². The van der Waals surface area contributed by atoms with Crippen molar-refractivity contribution in [2.75, 3.05) is 0 Å². The van der Waals surface area contributed by atoms with Gasteiger partial charge in [-0.25, -0.2) is 0 Å². The van der Waals surface area contributed by atoms with Crippen LogP contribution in [-0.2, 0) is 23.2 Å². The summed E-state index contributed by atoms with van der Waals surface area (Å²) in [4.78, 5) is 0. The molecule has 2 rings (SSSR count). The standard InChI is InChI=1S/2C12H19.Zr/c2*1-5-12(4,6-2)11-8-7-10(3)9-11;/h2*8H,5-7H2,1-4H3;. The molecule has 0 N–H and O–H groups in total. The van der Waals surface area contributed by atoms with Gasteiger partial charge in [0.05, 0.1) is 0 Å². The van der Waals surface area contributed by atoms with Gasteiger partial charge in [-0.2, -0.15) is 0 Å². The van der Waals surface area contributed by atoms with Crippen LogP contribution in [0.2, 0.25) is 0 Å². The van der Waals surface area contributed by atoms with Gasteiger partial charge in [0.2, 0.25) is 0 Å². The minimum absolute atomic E-state index is 0.379. The molecule has 0 aromatic heterocycles. The molecule has 0 aromatic rings. The molecule has 0 unspecified atom stereocenters. The normalized spacial score (nSPS) is 18.9. The summed E-state index contributed by atoms with van der Waals surface area (Å²) in [6.07, 6.45) is 12.6. The van der Waals surface area contributed by atoms with Gasteiger partial charge in [0, 0.05) is 0 Å². The molecule has 25 heavy (non-hydrogen) atoms. The van der Waals surface area contributed by atoms with E-state index in [1.165, 1.54) is 38.5 Å². The van der Waals surface area contributed by atoms with E-state index in [9.17, 15) is 0 Å². The summed E-state index contributed by atoms with van der Waals surface area (Å²) in [6.45, 7) is 19.3. The van der Waals surface area contributed by atoms with Gasteiger partial charge in [-0.3, -0.25) is 0 Å². The summed E-state index contributed by atoms with van der Waals surface area (Å²) >= 11 is -0.748. The molecule has 2 aliphatic carbocycles. The van der Waals surface area contributed by atoms with E-state index in [0.29, 0.717) is 10.8 Å². The van der Waals surface area contributed by atoms with Gasteiger partial charge in [0.1, 0.15) is 0 Å². The third-order valence-corrected chi connectivity index (χ3v) is 11.9. The van der Waals surface area contributed by atoms with Crippen LogP contribution in [0.3, 0.4) is 0 Å². The van der Waals surface area contributed by atoms with E-state index in [1.807, 2.05) is 6.56 Å². The molecule has 0 saturated carbocycles. The first-order chi connectivity index (χ1) is 11.8. The fourth-order valence-corrected chi connectivity index (χ4v) is 9.02. The molecular formula is C24H38Zr. The number of hydrogen-bond donors (Lipinski definition) is 0. The zero-order chi connectivity index (χ0) is 18.8. The molecule has 0 fully saturated rings. The topological polar surface area (TPSA) is 0 Å². The Kier molecular flexibility index (Phi) is 6.98. The summed E-state index contributed by atoms with van der Waals surface area (Å²) < 4.78 is 3.65. The molecular weight excluding hydrogens is 379 g/mol. The number of hydrogen-bond acceptors (Lipinski definition) is 0. The van der Waals surface area contributed by atoms with Crippen LogP contribution >= 0.6 is 0 Å². The Balaban J connectivity index is 2.37. The molecule has 1 heteroatoms. The Morgan fingerprint density at radius 2 is 1.04 bits per heavy atom. The summed E-state index contributed by atoms with van der Waals surface area (Å²) in [7, 11) is 0. The molecule has 0 amide bonds. The van der Waals surface area contributed by atoms with Crippen molar-refractivity contribution in [2.24, 2.45) is 10.8 Å². The zero-order valence-electron chi connectivity index (χ0n) is 17.9. The van der Waals surface area contributed by atoms with Gasteiger partial charge in [0.25, 0.3) is 0 Å². The zero-order valence-corrected chi connectivity index (χ0v) is 20.4. The van der Waals surface area contributed by atoms with E-state index in [2.05, 4.69) is 67.5 Å². The Labute approximate surface area is 168 Å². The van der Waals surface area contributed by atoms with E-state index >= 15 is 0 Å². The van der Waals surface area contributed by atoms with E-state index < -0.39 is 23.2 Å². The fraction of sp³-hybridized carbons (Fsp3) is 0.667. The first-order valence-corrected chi connectivity index (χ1v) is 12.8. The van der Waals surface area contributed by atoms with Crippen LogP contribution in [0.1, 0.15) is 93.9 Å². The first kappa shape index (κ1) is 21.1. The van der Waals surface area contributed by atoms with Crippen molar-refractivity contribution < 1.29 is 23.2 Å². The van der Waals surface area contributed by atoms with E-state index in [-0.39, 0.29) is 0 Å². The molecule has 0 nitrogen and oxygen atoms in total. The molecule has 0 aliphatic heterocycles. The summed E-state index contributed by atoms with van der Waals surface area (Å²) in [5.74, 6) is 0. The molecule has 0 heterocycles. The Morgan fingerprint density at radius 1 is 0.720 bits per heavy atom. The quantitative estimate of drug-likeness (QED) is 0.376. The van der Waals surface area contributed by atoms with Crippen molar-refractivity contribution in [3.8, 4) is 0 Å².